The molecule has 2 aromatic carbocycles. The third-order valence-electron chi connectivity index (χ3n) is 5.78. The van der Waals surface area contributed by atoms with Crippen molar-refractivity contribution >= 4 is 45.2 Å². The first kappa shape index (κ1) is 28.3. The lowest BCUT2D eigenvalue weighted by Crippen LogP contribution is -2.32. The molecule has 3 heterocycles. The van der Waals surface area contributed by atoms with Crippen molar-refractivity contribution in [1.29, 1.82) is 0 Å². The molecule has 0 unspecified atom stereocenters. The van der Waals surface area contributed by atoms with Gasteiger partial charge in [0.15, 0.2) is 11.4 Å². The first-order valence-corrected chi connectivity index (χ1v) is 13.0. The van der Waals surface area contributed by atoms with E-state index in [2.05, 4.69) is 15.1 Å². The number of ether oxygens (including phenoxy) is 2. The van der Waals surface area contributed by atoms with Crippen LogP contribution in [0.2, 0.25) is 0 Å². The number of fused-ring (bicyclic) bond motifs is 1. The number of nitrogens with one attached hydrogen (secondary N) is 1. The van der Waals surface area contributed by atoms with Crippen LogP contribution in [-0.2, 0) is 16.6 Å². The molecule has 206 valence electrons. The smallest absolute Gasteiger partial charge is 0.436 e. The number of methoxy groups -OCH3 is 1. The lowest BCUT2D eigenvalue weighted by Gasteiger charge is -2.26. The summed E-state index contributed by atoms with van der Waals surface area (Å²) < 4.78 is 41.4. The van der Waals surface area contributed by atoms with Crippen LogP contribution < -0.4 is 19.3 Å². The predicted octanol–water partition coefficient (Wildman–Crippen LogP) is 4.12. The van der Waals surface area contributed by atoms with Crippen LogP contribution in [0.15, 0.2) is 96.4 Å². The average molecular weight is 583 g/mol. The van der Waals surface area contributed by atoms with Crippen molar-refractivity contribution in [2.24, 2.45) is 0 Å². The molecule has 5 aromatic rings. The van der Waals surface area contributed by atoms with E-state index in [1.54, 1.807) is 18.3 Å². The molecule has 5 rings (SSSR count). The van der Waals surface area contributed by atoms with E-state index >= 15 is 0 Å². The largest absolute Gasteiger partial charge is 0.497 e. The fourth-order valence-corrected chi connectivity index (χ4v) is 5.46. The number of carbonyl (C=O) groups excluding carboxylic acids is 1. The van der Waals surface area contributed by atoms with Crippen LogP contribution in [-0.4, -0.2) is 46.6 Å². The SMILES string of the molecule is COc1ccc(S(=O)(=O)N(Cc2cccnc2)c2c(OC(=O)NO)cnc3c2cnn3-c2ccccc2)cc1.Cl. The summed E-state index contributed by atoms with van der Waals surface area (Å²) in [6, 6.07) is 18.4. The van der Waals surface area contributed by atoms with Crippen molar-refractivity contribution in [2.45, 2.75) is 11.4 Å². The highest BCUT2D eigenvalue weighted by Gasteiger charge is 2.32. The minimum Gasteiger partial charge on any atom is -0.497 e. The molecular weight excluding hydrogens is 560 g/mol. The van der Waals surface area contributed by atoms with Crippen LogP contribution in [0, 0.1) is 0 Å². The normalized spacial score (nSPS) is 10.9. The highest BCUT2D eigenvalue weighted by molar-refractivity contribution is 7.92. The summed E-state index contributed by atoms with van der Waals surface area (Å²) in [5, 5.41) is 13.8. The number of benzene rings is 2. The van der Waals surface area contributed by atoms with Gasteiger partial charge in [-0.15, -0.1) is 12.4 Å². The van der Waals surface area contributed by atoms with E-state index in [0.717, 1.165) is 4.31 Å². The van der Waals surface area contributed by atoms with Crippen LogP contribution >= 0.6 is 12.4 Å². The van der Waals surface area contributed by atoms with Gasteiger partial charge in [-0.05, 0) is 48.0 Å². The summed E-state index contributed by atoms with van der Waals surface area (Å²) in [4.78, 5) is 20.5. The van der Waals surface area contributed by atoms with Gasteiger partial charge in [0.25, 0.3) is 10.0 Å². The van der Waals surface area contributed by atoms with Crippen molar-refractivity contribution < 1.29 is 27.9 Å². The topological polar surface area (TPSA) is 149 Å². The molecule has 14 heteroatoms. The average Bonchev–Trinajstić information content (AvgIpc) is 3.41. The maximum Gasteiger partial charge on any atom is 0.436 e. The summed E-state index contributed by atoms with van der Waals surface area (Å²) in [6.45, 7) is -0.172. The Morgan fingerprint density at radius 3 is 2.42 bits per heavy atom. The molecule has 0 spiro atoms. The molecule has 0 saturated heterocycles. The van der Waals surface area contributed by atoms with Gasteiger partial charge >= 0.3 is 6.09 Å². The first-order chi connectivity index (χ1) is 18.9. The Kier molecular flexibility index (Phi) is 8.48. The molecule has 0 aliphatic heterocycles. The number of hydroxylamine groups is 1. The van der Waals surface area contributed by atoms with E-state index in [9.17, 15) is 13.2 Å². The zero-order valence-corrected chi connectivity index (χ0v) is 22.5. The second-order valence-corrected chi connectivity index (χ2v) is 10.0. The maximum absolute atomic E-state index is 14.2. The molecule has 0 aliphatic rings. The van der Waals surface area contributed by atoms with Crippen LogP contribution in [0.1, 0.15) is 5.56 Å². The number of carbonyl (C=O) groups is 1. The molecule has 0 fully saturated rings. The number of rotatable bonds is 8. The molecular formula is C26H23ClN6O6S. The Hall–Kier alpha value is -4.72. The zero-order chi connectivity index (χ0) is 27.4. The van der Waals surface area contributed by atoms with Gasteiger partial charge in [-0.3, -0.25) is 14.5 Å². The molecule has 0 bridgehead atoms. The number of halogens is 1. The fraction of sp³-hybridized carbons (Fsp3) is 0.0769. The highest BCUT2D eigenvalue weighted by Crippen LogP contribution is 2.40. The van der Waals surface area contributed by atoms with Gasteiger partial charge in [-0.25, -0.2) is 28.4 Å². The first-order valence-electron chi connectivity index (χ1n) is 11.5. The number of hydrogen-bond acceptors (Lipinski definition) is 9. The second kappa shape index (κ2) is 12.0. The number of aromatic nitrogens is 4. The number of sulfonamides is 1. The summed E-state index contributed by atoms with van der Waals surface area (Å²) in [7, 11) is -2.80. The standard InChI is InChI=1S/C26H22N6O6S.ClH/c1-37-20-9-11-21(12-10-20)39(35,36)31(17-18-6-5-13-27-14-18)24-22-15-29-32(19-7-3-2-4-8-19)25(22)28-16-23(24)38-26(33)30-34;/h2-16,34H,17H2,1H3,(H,30,33);1H. The van der Waals surface area contributed by atoms with Gasteiger partial charge in [-0.1, -0.05) is 24.3 Å². The Morgan fingerprint density at radius 1 is 1.02 bits per heavy atom. The van der Waals surface area contributed by atoms with Gasteiger partial charge < -0.3 is 9.47 Å². The molecule has 0 radical (unpaired) electrons. The van der Waals surface area contributed by atoms with Crippen LogP contribution in [0.5, 0.6) is 11.5 Å². The Labute approximate surface area is 235 Å². The van der Waals surface area contributed by atoms with Gasteiger partial charge in [0.1, 0.15) is 11.4 Å². The van der Waals surface area contributed by atoms with Crippen LogP contribution in [0.3, 0.4) is 0 Å². The van der Waals surface area contributed by atoms with Gasteiger partial charge in [-0.2, -0.15) is 5.10 Å². The molecule has 1 amide bonds. The zero-order valence-electron chi connectivity index (χ0n) is 20.9. The van der Waals surface area contributed by atoms with Crippen LogP contribution in [0.4, 0.5) is 10.5 Å². The summed E-state index contributed by atoms with van der Waals surface area (Å²) in [5.41, 5.74) is 2.94. The predicted molar refractivity (Wildman–Crippen MR) is 148 cm³/mol. The van der Waals surface area contributed by atoms with E-state index in [-0.39, 0.29) is 40.7 Å². The van der Waals surface area contributed by atoms with E-state index in [1.807, 2.05) is 30.3 Å². The number of amides is 1. The third-order valence-corrected chi connectivity index (χ3v) is 7.54. The van der Waals surface area contributed by atoms with Crippen molar-refractivity contribution in [3.8, 4) is 17.2 Å². The molecule has 3 aromatic heterocycles. The molecule has 0 saturated carbocycles. The quantitative estimate of drug-likeness (QED) is 0.203. The van der Waals surface area contributed by atoms with E-state index in [1.165, 1.54) is 60.1 Å². The number of pyridine rings is 2. The molecule has 40 heavy (non-hydrogen) atoms. The minimum atomic E-state index is -4.28. The second-order valence-electron chi connectivity index (χ2n) is 8.15. The highest BCUT2D eigenvalue weighted by atomic mass is 35.5. The number of nitrogens with zero attached hydrogens (tertiary/aromatic N) is 5. The van der Waals surface area contributed by atoms with Crippen molar-refractivity contribution in [1.82, 2.24) is 25.2 Å². The minimum absolute atomic E-state index is 0. The Balaban J connectivity index is 0.00000370. The van der Waals surface area contributed by atoms with Gasteiger partial charge in [0.05, 0.1) is 42.0 Å². The number of para-hydroxylation sites is 1. The third kappa shape index (κ3) is 5.52. The molecule has 2 N–H and O–H groups in total. The fourth-order valence-electron chi connectivity index (χ4n) is 3.98. The van der Waals surface area contributed by atoms with Crippen molar-refractivity contribution in [3.63, 3.8) is 0 Å². The van der Waals surface area contributed by atoms with E-state index < -0.39 is 16.1 Å². The number of anilines is 1. The van der Waals surface area contributed by atoms with Gasteiger partial charge in [0, 0.05) is 12.4 Å². The molecule has 0 aliphatic carbocycles. The van der Waals surface area contributed by atoms with Gasteiger partial charge in [0.2, 0.25) is 0 Å². The molecule has 0 atom stereocenters. The molecule has 12 nitrogen and oxygen atoms in total. The van der Waals surface area contributed by atoms with E-state index in [0.29, 0.717) is 22.6 Å². The maximum atomic E-state index is 14.2. The lowest BCUT2D eigenvalue weighted by atomic mass is 10.2. The van der Waals surface area contributed by atoms with Crippen LogP contribution in [0.25, 0.3) is 16.7 Å². The summed E-state index contributed by atoms with van der Waals surface area (Å²) in [5.74, 6) is 0.259. The van der Waals surface area contributed by atoms with E-state index in [4.69, 9.17) is 14.7 Å². The van der Waals surface area contributed by atoms with Crippen molar-refractivity contribution in [3.05, 3.63) is 97.1 Å². The Morgan fingerprint density at radius 2 is 1.77 bits per heavy atom. The lowest BCUT2D eigenvalue weighted by molar-refractivity contribution is 0.127. The summed E-state index contributed by atoms with van der Waals surface area (Å²) in [6.07, 6.45) is 4.52. The monoisotopic (exact) mass is 582 g/mol. The Bertz CT molecular complexity index is 1720. The number of hydrogen-bond donors (Lipinski definition) is 2. The van der Waals surface area contributed by atoms with Crippen molar-refractivity contribution in [2.75, 3.05) is 11.4 Å². The summed E-state index contributed by atoms with van der Waals surface area (Å²) >= 11 is 0.